The second-order valence-corrected chi connectivity index (χ2v) is 4.51. The van der Waals surface area contributed by atoms with Crippen LogP contribution in [0.3, 0.4) is 0 Å². The molecule has 0 fully saturated rings. The molecule has 1 heterocycles. The van der Waals surface area contributed by atoms with Gasteiger partial charge in [0.1, 0.15) is 0 Å². The Morgan fingerprint density at radius 2 is 2.11 bits per heavy atom. The summed E-state index contributed by atoms with van der Waals surface area (Å²) in [6.07, 6.45) is 0.805. The molecule has 2 aromatic rings. The number of aryl methyl sites for hydroxylation is 2. The first-order chi connectivity index (χ1) is 8.70. The van der Waals surface area contributed by atoms with E-state index >= 15 is 0 Å². The topological polar surface area (TPSA) is 55.6 Å². The summed E-state index contributed by atoms with van der Waals surface area (Å²) in [4.78, 5) is 1.50. The molecule has 0 amide bonds. The highest BCUT2D eigenvalue weighted by Gasteiger charge is 2.16. The van der Waals surface area contributed by atoms with Crippen molar-refractivity contribution in [2.45, 2.75) is 19.3 Å². The number of hydrogen-bond donors (Lipinski definition) is 1. The van der Waals surface area contributed by atoms with Crippen LogP contribution in [-0.4, -0.2) is 33.8 Å². The predicted molar refractivity (Wildman–Crippen MR) is 70.3 cm³/mol. The maximum Gasteiger partial charge on any atom is 0.175 e. The van der Waals surface area contributed by atoms with Gasteiger partial charge in [-0.3, -0.25) is 0 Å². The highest BCUT2D eigenvalue weighted by Crippen LogP contribution is 2.21. The molecule has 0 aliphatic rings. The molecular weight excluding hydrogens is 226 g/mol. The van der Waals surface area contributed by atoms with Crippen LogP contribution in [-0.2, 0) is 13.5 Å². The highest BCUT2D eigenvalue weighted by atomic mass is 15.6. The molecule has 5 heteroatoms. The minimum atomic E-state index is 0.375. The van der Waals surface area contributed by atoms with Gasteiger partial charge in [0, 0.05) is 18.9 Å². The van der Waals surface area contributed by atoms with Gasteiger partial charge < -0.3 is 5.32 Å². The Balaban J connectivity index is 2.20. The Morgan fingerprint density at radius 3 is 2.72 bits per heavy atom. The first-order valence-electron chi connectivity index (χ1n) is 6.13. The van der Waals surface area contributed by atoms with E-state index in [4.69, 9.17) is 0 Å². The van der Waals surface area contributed by atoms with E-state index in [0.29, 0.717) is 5.92 Å². The van der Waals surface area contributed by atoms with Gasteiger partial charge >= 0.3 is 0 Å². The molecule has 0 aliphatic heterocycles. The molecule has 1 unspecified atom stereocenters. The number of nitrogens with one attached hydrogen (secondary N) is 1. The van der Waals surface area contributed by atoms with Crippen molar-refractivity contribution in [3.8, 4) is 0 Å². The molecule has 1 aromatic carbocycles. The number of tetrazole rings is 1. The zero-order valence-corrected chi connectivity index (χ0v) is 11.1. The summed E-state index contributed by atoms with van der Waals surface area (Å²) in [7, 11) is 3.76. The molecule has 0 saturated carbocycles. The van der Waals surface area contributed by atoms with Crippen LogP contribution in [0, 0.1) is 6.92 Å². The summed E-state index contributed by atoms with van der Waals surface area (Å²) in [6.45, 7) is 3.05. The Morgan fingerprint density at radius 1 is 1.33 bits per heavy atom. The Kier molecular flexibility index (Phi) is 4.04. The van der Waals surface area contributed by atoms with Crippen molar-refractivity contribution in [1.29, 1.82) is 0 Å². The molecule has 0 aliphatic carbocycles. The van der Waals surface area contributed by atoms with E-state index in [0.717, 1.165) is 18.8 Å². The first kappa shape index (κ1) is 12.7. The molecule has 2 rings (SSSR count). The number of rotatable bonds is 5. The Hall–Kier alpha value is -1.75. The van der Waals surface area contributed by atoms with E-state index in [9.17, 15) is 0 Å². The van der Waals surface area contributed by atoms with E-state index < -0.39 is 0 Å². The fourth-order valence-electron chi connectivity index (χ4n) is 2.21. The van der Waals surface area contributed by atoms with Crippen LogP contribution < -0.4 is 5.32 Å². The molecular formula is C13H19N5. The van der Waals surface area contributed by atoms with Crippen LogP contribution in [0.5, 0.6) is 0 Å². The van der Waals surface area contributed by atoms with Gasteiger partial charge in [0.15, 0.2) is 5.82 Å². The van der Waals surface area contributed by atoms with Gasteiger partial charge in [0.05, 0.1) is 7.05 Å². The van der Waals surface area contributed by atoms with Gasteiger partial charge in [0.2, 0.25) is 0 Å². The molecule has 96 valence electrons. The summed E-state index contributed by atoms with van der Waals surface area (Å²) < 4.78 is 0. The van der Waals surface area contributed by atoms with Crippen LogP contribution in [0.2, 0.25) is 0 Å². The lowest BCUT2D eigenvalue weighted by molar-refractivity contribution is 0.597. The third-order valence-corrected chi connectivity index (χ3v) is 3.06. The van der Waals surface area contributed by atoms with Crippen LogP contribution in [0.4, 0.5) is 0 Å². The number of benzene rings is 1. The second-order valence-electron chi connectivity index (χ2n) is 4.51. The molecule has 5 nitrogen and oxygen atoms in total. The van der Waals surface area contributed by atoms with E-state index in [1.54, 1.807) is 7.05 Å². The van der Waals surface area contributed by atoms with Crippen molar-refractivity contribution >= 4 is 0 Å². The van der Waals surface area contributed by atoms with Crippen molar-refractivity contribution < 1.29 is 0 Å². The molecule has 18 heavy (non-hydrogen) atoms. The third-order valence-electron chi connectivity index (χ3n) is 3.06. The molecule has 1 N–H and O–H groups in total. The summed E-state index contributed by atoms with van der Waals surface area (Å²) in [6, 6.07) is 8.46. The molecule has 0 saturated heterocycles. The van der Waals surface area contributed by atoms with Gasteiger partial charge in [0.25, 0.3) is 0 Å². The van der Waals surface area contributed by atoms with Crippen LogP contribution in [0.1, 0.15) is 22.9 Å². The summed E-state index contributed by atoms with van der Waals surface area (Å²) >= 11 is 0. The largest absolute Gasteiger partial charge is 0.319 e. The average Bonchev–Trinajstić information content (AvgIpc) is 2.75. The fraction of sp³-hybridized carbons (Fsp3) is 0.462. The standard InChI is InChI=1S/C13H19N5/c1-10-6-4-5-7-12(10)11(9-14-2)8-13-15-17-18(3)16-13/h4-7,11,14H,8-9H2,1-3H3. The van der Waals surface area contributed by atoms with Crippen molar-refractivity contribution in [2.75, 3.05) is 13.6 Å². The fourth-order valence-corrected chi connectivity index (χ4v) is 2.21. The SMILES string of the molecule is CNCC(Cc1nnn(C)n1)c1ccccc1C. The van der Waals surface area contributed by atoms with Gasteiger partial charge in [-0.25, -0.2) is 0 Å². The van der Waals surface area contributed by atoms with E-state index in [2.05, 4.69) is 51.9 Å². The van der Waals surface area contributed by atoms with E-state index in [1.165, 1.54) is 15.9 Å². The quantitative estimate of drug-likeness (QED) is 0.856. The molecule has 0 bridgehead atoms. The zero-order chi connectivity index (χ0) is 13.0. The number of likely N-dealkylation sites (N-methyl/N-ethyl adjacent to an activating group) is 1. The predicted octanol–water partition coefficient (Wildman–Crippen LogP) is 1.06. The number of nitrogens with zero attached hydrogens (tertiary/aromatic N) is 4. The van der Waals surface area contributed by atoms with Crippen LogP contribution >= 0.6 is 0 Å². The summed E-state index contributed by atoms with van der Waals surface area (Å²) in [5.74, 6) is 1.17. The third kappa shape index (κ3) is 2.92. The monoisotopic (exact) mass is 245 g/mol. The zero-order valence-electron chi connectivity index (χ0n) is 11.1. The highest BCUT2D eigenvalue weighted by molar-refractivity contribution is 5.30. The lowest BCUT2D eigenvalue weighted by Gasteiger charge is -2.17. The van der Waals surface area contributed by atoms with Gasteiger partial charge in [-0.1, -0.05) is 24.3 Å². The number of aromatic nitrogens is 4. The molecule has 0 spiro atoms. The summed E-state index contributed by atoms with van der Waals surface area (Å²) in [5.41, 5.74) is 2.65. The first-order valence-corrected chi connectivity index (χ1v) is 6.13. The summed E-state index contributed by atoms with van der Waals surface area (Å²) in [5, 5.41) is 15.4. The van der Waals surface area contributed by atoms with Crippen LogP contribution in [0.15, 0.2) is 24.3 Å². The van der Waals surface area contributed by atoms with Crippen LogP contribution in [0.25, 0.3) is 0 Å². The smallest absolute Gasteiger partial charge is 0.175 e. The normalized spacial score (nSPS) is 12.6. The maximum atomic E-state index is 4.25. The van der Waals surface area contributed by atoms with E-state index in [1.807, 2.05) is 7.05 Å². The lowest BCUT2D eigenvalue weighted by atomic mass is 9.92. The lowest BCUT2D eigenvalue weighted by Crippen LogP contribution is -2.20. The molecule has 0 radical (unpaired) electrons. The molecule has 1 atom stereocenters. The van der Waals surface area contributed by atoms with Gasteiger partial charge in [-0.05, 0) is 30.3 Å². The van der Waals surface area contributed by atoms with Crippen molar-refractivity contribution in [3.05, 3.63) is 41.2 Å². The van der Waals surface area contributed by atoms with Crippen molar-refractivity contribution in [3.63, 3.8) is 0 Å². The van der Waals surface area contributed by atoms with Gasteiger partial charge in [-0.15, -0.1) is 10.2 Å². The molecule has 1 aromatic heterocycles. The number of hydrogen-bond acceptors (Lipinski definition) is 4. The van der Waals surface area contributed by atoms with Crippen molar-refractivity contribution in [1.82, 2.24) is 25.5 Å². The maximum absolute atomic E-state index is 4.25. The Bertz CT molecular complexity index is 506. The van der Waals surface area contributed by atoms with Gasteiger partial charge in [-0.2, -0.15) is 4.80 Å². The Labute approximate surface area is 107 Å². The minimum absolute atomic E-state index is 0.375. The average molecular weight is 245 g/mol. The minimum Gasteiger partial charge on any atom is -0.319 e. The van der Waals surface area contributed by atoms with E-state index in [-0.39, 0.29) is 0 Å². The second kappa shape index (κ2) is 5.73. The van der Waals surface area contributed by atoms with Crippen molar-refractivity contribution in [2.24, 2.45) is 7.05 Å².